The Morgan fingerprint density at radius 2 is 2.13 bits per heavy atom. The number of nitrogens with one attached hydrogen (secondary N) is 1. The van der Waals surface area contributed by atoms with Crippen LogP contribution in [0, 0.1) is 0 Å². The number of carbonyl (C=O) groups is 2. The van der Waals surface area contributed by atoms with Crippen LogP contribution in [-0.2, 0) is 16.1 Å². The van der Waals surface area contributed by atoms with Gasteiger partial charge in [-0.2, -0.15) is 0 Å². The first-order chi connectivity index (χ1) is 11.2. The lowest BCUT2D eigenvalue weighted by Crippen LogP contribution is -2.40. The van der Waals surface area contributed by atoms with E-state index in [2.05, 4.69) is 11.9 Å². The van der Waals surface area contributed by atoms with Crippen LogP contribution in [0.5, 0.6) is 0 Å². The Labute approximate surface area is 136 Å². The Balaban J connectivity index is 2.04. The van der Waals surface area contributed by atoms with Gasteiger partial charge < -0.3 is 10.1 Å². The molecule has 1 aliphatic rings. The van der Waals surface area contributed by atoms with Gasteiger partial charge in [0.25, 0.3) is 0 Å². The van der Waals surface area contributed by atoms with Crippen molar-refractivity contribution in [3.8, 4) is 0 Å². The standard InChI is InChI=1S/C18H22N2O3/c1-3-7-16-11-10-15(13-20(16)18(22)23-2)17(21)19-12-14-8-5-4-6-9-14/h3-6,8-9,13,16H,1,7,10-12H2,2H3,(H,19,21). The second-order valence-electron chi connectivity index (χ2n) is 5.42. The van der Waals surface area contributed by atoms with Crippen LogP contribution in [0.4, 0.5) is 4.79 Å². The quantitative estimate of drug-likeness (QED) is 0.850. The third kappa shape index (κ3) is 4.45. The zero-order valence-electron chi connectivity index (χ0n) is 13.3. The van der Waals surface area contributed by atoms with Crippen LogP contribution in [0.3, 0.4) is 0 Å². The highest BCUT2D eigenvalue weighted by atomic mass is 16.5. The summed E-state index contributed by atoms with van der Waals surface area (Å²) in [5.41, 5.74) is 1.62. The van der Waals surface area contributed by atoms with Crippen molar-refractivity contribution in [2.45, 2.75) is 31.8 Å². The predicted octanol–water partition coefficient (Wildman–Crippen LogP) is 2.99. The van der Waals surface area contributed by atoms with E-state index in [1.807, 2.05) is 30.3 Å². The molecule has 0 aliphatic carbocycles. The van der Waals surface area contributed by atoms with Crippen LogP contribution in [0.1, 0.15) is 24.8 Å². The molecule has 0 bridgehead atoms. The number of hydrogen-bond donors (Lipinski definition) is 1. The van der Waals surface area contributed by atoms with Gasteiger partial charge in [-0.3, -0.25) is 9.69 Å². The van der Waals surface area contributed by atoms with Crippen LogP contribution in [0.25, 0.3) is 0 Å². The second-order valence-corrected chi connectivity index (χ2v) is 5.42. The first kappa shape index (κ1) is 16.8. The van der Waals surface area contributed by atoms with Gasteiger partial charge >= 0.3 is 6.09 Å². The summed E-state index contributed by atoms with van der Waals surface area (Å²) < 4.78 is 4.80. The number of methoxy groups -OCH3 is 1. The minimum absolute atomic E-state index is 0.00868. The smallest absolute Gasteiger partial charge is 0.413 e. The van der Waals surface area contributed by atoms with Gasteiger partial charge in [-0.1, -0.05) is 36.4 Å². The molecule has 0 saturated heterocycles. The van der Waals surface area contributed by atoms with Crippen LogP contribution < -0.4 is 5.32 Å². The van der Waals surface area contributed by atoms with Crippen molar-refractivity contribution < 1.29 is 14.3 Å². The first-order valence-electron chi connectivity index (χ1n) is 7.65. The maximum Gasteiger partial charge on any atom is 0.413 e. The lowest BCUT2D eigenvalue weighted by atomic mass is 9.97. The highest BCUT2D eigenvalue weighted by Crippen LogP contribution is 2.24. The predicted molar refractivity (Wildman–Crippen MR) is 88.5 cm³/mol. The first-order valence-corrected chi connectivity index (χ1v) is 7.65. The van der Waals surface area contributed by atoms with Crippen molar-refractivity contribution in [3.63, 3.8) is 0 Å². The topological polar surface area (TPSA) is 58.6 Å². The molecule has 5 nitrogen and oxygen atoms in total. The zero-order valence-corrected chi connectivity index (χ0v) is 13.3. The monoisotopic (exact) mass is 314 g/mol. The summed E-state index contributed by atoms with van der Waals surface area (Å²) in [6.45, 7) is 4.18. The molecule has 0 radical (unpaired) electrons. The van der Waals surface area contributed by atoms with Gasteiger partial charge in [0, 0.05) is 24.4 Å². The van der Waals surface area contributed by atoms with E-state index in [4.69, 9.17) is 4.74 Å². The zero-order chi connectivity index (χ0) is 16.7. The fourth-order valence-electron chi connectivity index (χ4n) is 2.59. The van der Waals surface area contributed by atoms with E-state index in [1.54, 1.807) is 12.3 Å². The van der Waals surface area contributed by atoms with Crippen molar-refractivity contribution in [2.75, 3.05) is 7.11 Å². The summed E-state index contributed by atoms with van der Waals surface area (Å²) in [7, 11) is 1.34. The van der Waals surface area contributed by atoms with Gasteiger partial charge in [-0.25, -0.2) is 4.79 Å². The summed E-state index contributed by atoms with van der Waals surface area (Å²) in [4.78, 5) is 25.7. The summed E-state index contributed by atoms with van der Waals surface area (Å²) in [5, 5.41) is 2.89. The molecule has 0 spiro atoms. The lowest BCUT2D eigenvalue weighted by molar-refractivity contribution is -0.118. The minimum atomic E-state index is -0.454. The summed E-state index contributed by atoms with van der Waals surface area (Å²) in [6.07, 6.45) is 4.94. The molecule has 1 aliphatic heterocycles. The molecule has 2 amide bonds. The van der Waals surface area contributed by atoms with Crippen LogP contribution in [0.2, 0.25) is 0 Å². The molecule has 0 fully saturated rings. The average Bonchev–Trinajstić information content (AvgIpc) is 2.60. The number of nitrogens with zero attached hydrogens (tertiary/aromatic N) is 1. The van der Waals surface area contributed by atoms with E-state index < -0.39 is 6.09 Å². The molecule has 23 heavy (non-hydrogen) atoms. The van der Waals surface area contributed by atoms with Gasteiger partial charge in [0.05, 0.1) is 7.11 Å². The number of ether oxygens (including phenoxy) is 1. The number of amides is 2. The molecule has 1 unspecified atom stereocenters. The Bertz CT molecular complexity index is 596. The molecule has 1 atom stereocenters. The van der Waals surface area contributed by atoms with Gasteiger partial charge in [-0.15, -0.1) is 6.58 Å². The van der Waals surface area contributed by atoms with E-state index in [-0.39, 0.29) is 11.9 Å². The van der Waals surface area contributed by atoms with E-state index >= 15 is 0 Å². The van der Waals surface area contributed by atoms with Crippen molar-refractivity contribution >= 4 is 12.0 Å². The van der Waals surface area contributed by atoms with Gasteiger partial charge in [-0.05, 0) is 24.8 Å². The van der Waals surface area contributed by atoms with Gasteiger partial charge in [0.1, 0.15) is 0 Å². The van der Waals surface area contributed by atoms with Crippen LogP contribution >= 0.6 is 0 Å². The number of hydrogen-bond acceptors (Lipinski definition) is 3. The fraction of sp³-hybridized carbons (Fsp3) is 0.333. The number of carbonyl (C=O) groups excluding carboxylic acids is 2. The summed E-state index contributed by atoms with van der Waals surface area (Å²) in [5.74, 6) is -0.153. The fourth-order valence-corrected chi connectivity index (χ4v) is 2.59. The highest BCUT2D eigenvalue weighted by molar-refractivity contribution is 5.94. The minimum Gasteiger partial charge on any atom is -0.452 e. The average molecular weight is 314 g/mol. The molecule has 1 aromatic rings. The lowest BCUT2D eigenvalue weighted by Gasteiger charge is -2.31. The molecule has 122 valence electrons. The molecule has 0 saturated carbocycles. The van der Waals surface area contributed by atoms with Crippen molar-refractivity contribution in [3.05, 3.63) is 60.3 Å². The third-order valence-electron chi connectivity index (χ3n) is 3.85. The van der Waals surface area contributed by atoms with Gasteiger partial charge in [0.2, 0.25) is 5.91 Å². The molecule has 1 N–H and O–H groups in total. The van der Waals surface area contributed by atoms with Crippen LogP contribution in [-0.4, -0.2) is 30.1 Å². The van der Waals surface area contributed by atoms with E-state index in [0.29, 0.717) is 31.4 Å². The van der Waals surface area contributed by atoms with E-state index in [0.717, 1.165) is 5.56 Å². The molecule has 0 aromatic heterocycles. The second kappa shape index (κ2) is 8.17. The van der Waals surface area contributed by atoms with Crippen molar-refractivity contribution in [1.29, 1.82) is 0 Å². The van der Waals surface area contributed by atoms with E-state index in [1.165, 1.54) is 12.0 Å². The van der Waals surface area contributed by atoms with E-state index in [9.17, 15) is 9.59 Å². The molecule has 5 heteroatoms. The summed E-state index contributed by atoms with van der Waals surface area (Å²) in [6, 6.07) is 9.70. The molecule has 2 rings (SSSR count). The maximum absolute atomic E-state index is 12.3. The van der Waals surface area contributed by atoms with Crippen molar-refractivity contribution in [2.24, 2.45) is 0 Å². The van der Waals surface area contributed by atoms with Gasteiger partial charge in [0.15, 0.2) is 0 Å². The normalized spacial score (nSPS) is 17.2. The largest absolute Gasteiger partial charge is 0.452 e. The number of rotatable bonds is 5. The van der Waals surface area contributed by atoms with Crippen molar-refractivity contribution in [1.82, 2.24) is 10.2 Å². The maximum atomic E-state index is 12.3. The highest BCUT2D eigenvalue weighted by Gasteiger charge is 2.28. The molecular weight excluding hydrogens is 292 g/mol. The summed E-state index contributed by atoms with van der Waals surface area (Å²) >= 11 is 0. The Morgan fingerprint density at radius 1 is 1.39 bits per heavy atom. The molecule has 1 aromatic carbocycles. The SMILES string of the molecule is C=CCC1CCC(C(=O)NCc2ccccc2)=CN1C(=O)OC. The Morgan fingerprint density at radius 3 is 2.78 bits per heavy atom. The molecular formula is C18H22N2O3. The Hall–Kier alpha value is -2.56. The number of benzene rings is 1. The van der Waals surface area contributed by atoms with Crippen LogP contribution in [0.15, 0.2) is 54.8 Å². The Kier molecular flexibility index (Phi) is 5.97. The third-order valence-corrected chi connectivity index (χ3v) is 3.85. The molecule has 1 heterocycles.